The van der Waals surface area contributed by atoms with Crippen molar-refractivity contribution in [1.29, 1.82) is 0 Å². The van der Waals surface area contributed by atoms with E-state index in [0.29, 0.717) is 29.5 Å². The lowest BCUT2D eigenvalue weighted by Gasteiger charge is -2.11. The number of benzene rings is 2. The molecular formula is C20H22N4O3. The van der Waals surface area contributed by atoms with Crippen LogP contribution in [-0.2, 0) is 6.54 Å². The number of aryl methyl sites for hydroxylation is 1. The number of aromatic nitrogens is 2. The summed E-state index contributed by atoms with van der Waals surface area (Å²) >= 11 is 0. The van der Waals surface area contributed by atoms with E-state index in [2.05, 4.69) is 34.8 Å². The summed E-state index contributed by atoms with van der Waals surface area (Å²) < 4.78 is 12.2. The van der Waals surface area contributed by atoms with E-state index in [0.717, 1.165) is 0 Å². The highest BCUT2D eigenvalue weighted by molar-refractivity contribution is 6.00. The molecule has 0 radical (unpaired) electrons. The number of hydrogen-bond donors (Lipinski definition) is 2. The van der Waals surface area contributed by atoms with Crippen LogP contribution in [0, 0.1) is 6.92 Å². The number of ether oxygens (including phenoxy) is 2. The quantitative estimate of drug-likeness (QED) is 0.694. The van der Waals surface area contributed by atoms with Crippen LogP contribution in [0.15, 0.2) is 54.7 Å². The molecule has 7 heteroatoms. The summed E-state index contributed by atoms with van der Waals surface area (Å²) in [6, 6.07) is 14.6. The van der Waals surface area contributed by atoms with Gasteiger partial charge in [-0.25, -0.2) is 4.79 Å². The molecule has 0 bridgehead atoms. The highest BCUT2D eigenvalue weighted by Gasteiger charge is 2.11. The number of nitrogens with one attached hydrogen (secondary N) is 2. The number of carbonyl (C=O) groups is 1. The van der Waals surface area contributed by atoms with Gasteiger partial charge in [0.15, 0.2) is 5.82 Å². The molecule has 2 N–H and O–H groups in total. The number of rotatable bonds is 6. The first-order valence-corrected chi connectivity index (χ1v) is 8.47. The van der Waals surface area contributed by atoms with Crippen molar-refractivity contribution in [3.8, 4) is 11.5 Å². The van der Waals surface area contributed by atoms with E-state index in [1.807, 2.05) is 18.3 Å². The first kappa shape index (κ1) is 18.3. The second-order valence-corrected chi connectivity index (χ2v) is 5.97. The van der Waals surface area contributed by atoms with Gasteiger partial charge in [-0.2, -0.15) is 5.10 Å². The van der Waals surface area contributed by atoms with Gasteiger partial charge in [0.25, 0.3) is 0 Å². The molecule has 0 aliphatic carbocycles. The van der Waals surface area contributed by atoms with Crippen molar-refractivity contribution in [3.05, 3.63) is 65.9 Å². The minimum Gasteiger partial charge on any atom is -0.497 e. The van der Waals surface area contributed by atoms with Crippen LogP contribution in [0.25, 0.3) is 0 Å². The fraction of sp³-hybridized carbons (Fsp3) is 0.200. The van der Waals surface area contributed by atoms with E-state index >= 15 is 0 Å². The van der Waals surface area contributed by atoms with Crippen molar-refractivity contribution >= 4 is 17.5 Å². The van der Waals surface area contributed by atoms with Gasteiger partial charge >= 0.3 is 6.03 Å². The van der Waals surface area contributed by atoms with Crippen LogP contribution in [0.4, 0.5) is 16.3 Å². The van der Waals surface area contributed by atoms with Gasteiger partial charge in [-0.05, 0) is 30.2 Å². The third-order valence-corrected chi connectivity index (χ3v) is 4.13. The summed E-state index contributed by atoms with van der Waals surface area (Å²) in [5, 5.41) is 9.86. The average molecular weight is 366 g/mol. The van der Waals surface area contributed by atoms with E-state index in [4.69, 9.17) is 9.47 Å². The Hall–Kier alpha value is -3.48. The Bertz CT molecular complexity index is 936. The van der Waals surface area contributed by atoms with E-state index < -0.39 is 6.03 Å². The van der Waals surface area contributed by atoms with Crippen LogP contribution in [0.2, 0.25) is 0 Å². The largest absolute Gasteiger partial charge is 0.497 e. The molecule has 140 valence electrons. The molecule has 0 aliphatic heterocycles. The molecule has 7 nitrogen and oxygen atoms in total. The molecule has 0 saturated carbocycles. The average Bonchev–Trinajstić information content (AvgIpc) is 3.10. The minimum absolute atomic E-state index is 0.414. The molecule has 0 spiro atoms. The zero-order valence-corrected chi connectivity index (χ0v) is 15.5. The molecule has 0 atom stereocenters. The minimum atomic E-state index is -0.414. The topological polar surface area (TPSA) is 77.4 Å². The highest BCUT2D eigenvalue weighted by atomic mass is 16.5. The molecule has 0 unspecified atom stereocenters. The number of amides is 2. The third kappa shape index (κ3) is 4.58. The third-order valence-electron chi connectivity index (χ3n) is 4.13. The second-order valence-electron chi connectivity index (χ2n) is 5.97. The van der Waals surface area contributed by atoms with Crippen molar-refractivity contribution in [3.63, 3.8) is 0 Å². The monoisotopic (exact) mass is 366 g/mol. The fourth-order valence-electron chi connectivity index (χ4n) is 2.66. The number of methoxy groups -OCH3 is 2. The molecule has 2 amide bonds. The van der Waals surface area contributed by atoms with Gasteiger partial charge in [-0.3, -0.25) is 10.00 Å². The molecule has 3 rings (SSSR count). The normalized spacial score (nSPS) is 10.3. The Kier molecular flexibility index (Phi) is 5.61. The molecule has 2 aromatic carbocycles. The predicted octanol–water partition coefficient (Wildman–Crippen LogP) is 3.90. The first-order valence-electron chi connectivity index (χ1n) is 8.47. The first-order chi connectivity index (χ1) is 13.1. The molecule has 0 fully saturated rings. The molecule has 0 aliphatic rings. The lowest BCUT2D eigenvalue weighted by Crippen LogP contribution is -2.20. The van der Waals surface area contributed by atoms with Gasteiger partial charge in [0.1, 0.15) is 11.5 Å². The molecule has 1 aromatic heterocycles. The lowest BCUT2D eigenvalue weighted by atomic mass is 10.1. The smallest absolute Gasteiger partial charge is 0.325 e. The standard InChI is InChI=1S/C20H22N4O3/c1-14-6-4-5-7-15(14)13-24-11-10-19(23-24)22-20(25)21-17-12-16(26-2)8-9-18(17)27-3/h4-12H,13H2,1-3H3,(H2,21,22,23,25). The van der Waals surface area contributed by atoms with Crippen molar-refractivity contribution in [2.45, 2.75) is 13.5 Å². The molecule has 3 aromatic rings. The van der Waals surface area contributed by atoms with Gasteiger partial charge in [-0.15, -0.1) is 0 Å². The lowest BCUT2D eigenvalue weighted by molar-refractivity contribution is 0.262. The SMILES string of the molecule is COc1ccc(OC)c(NC(=O)Nc2ccn(Cc3ccccc3C)n2)c1. The van der Waals surface area contributed by atoms with Crippen molar-refractivity contribution in [2.24, 2.45) is 0 Å². The van der Waals surface area contributed by atoms with E-state index in [-0.39, 0.29) is 0 Å². The Morgan fingerprint density at radius 1 is 1.07 bits per heavy atom. The zero-order chi connectivity index (χ0) is 19.2. The summed E-state index contributed by atoms with van der Waals surface area (Å²) in [6.45, 7) is 2.70. The zero-order valence-electron chi connectivity index (χ0n) is 15.5. The van der Waals surface area contributed by atoms with Crippen molar-refractivity contribution in [2.75, 3.05) is 24.9 Å². The molecule has 27 heavy (non-hydrogen) atoms. The van der Waals surface area contributed by atoms with Gasteiger partial charge in [0, 0.05) is 18.3 Å². The van der Waals surface area contributed by atoms with Gasteiger partial charge in [0.05, 0.1) is 26.5 Å². The number of anilines is 2. The molecule has 1 heterocycles. The van der Waals surface area contributed by atoms with Crippen LogP contribution in [0.3, 0.4) is 0 Å². The number of nitrogens with zero attached hydrogens (tertiary/aromatic N) is 2. The number of carbonyl (C=O) groups excluding carboxylic acids is 1. The van der Waals surface area contributed by atoms with Crippen LogP contribution >= 0.6 is 0 Å². The maximum absolute atomic E-state index is 12.3. The predicted molar refractivity (Wildman–Crippen MR) is 105 cm³/mol. The van der Waals surface area contributed by atoms with Crippen molar-refractivity contribution in [1.82, 2.24) is 9.78 Å². The Morgan fingerprint density at radius 3 is 2.63 bits per heavy atom. The summed E-state index contributed by atoms with van der Waals surface area (Å²) in [6.07, 6.45) is 1.83. The summed E-state index contributed by atoms with van der Waals surface area (Å²) in [4.78, 5) is 12.3. The number of hydrogen-bond acceptors (Lipinski definition) is 4. The van der Waals surface area contributed by atoms with E-state index in [1.165, 1.54) is 18.2 Å². The van der Waals surface area contributed by atoms with Gasteiger partial charge in [-0.1, -0.05) is 24.3 Å². The van der Waals surface area contributed by atoms with E-state index in [1.54, 1.807) is 36.1 Å². The summed E-state index contributed by atoms with van der Waals surface area (Å²) in [5.74, 6) is 1.62. The second kappa shape index (κ2) is 8.27. The van der Waals surface area contributed by atoms with E-state index in [9.17, 15) is 4.79 Å². The Labute approximate surface area is 157 Å². The molecular weight excluding hydrogens is 344 g/mol. The van der Waals surface area contributed by atoms with Gasteiger partial charge in [0.2, 0.25) is 0 Å². The number of urea groups is 1. The fourth-order valence-corrected chi connectivity index (χ4v) is 2.66. The van der Waals surface area contributed by atoms with Crippen LogP contribution in [0.5, 0.6) is 11.5 Å². The maximum atomic E-state index is 12.3. The highest BCUT2D eigenvalue weighted by Crippen LogP contribution is 2.28. The summed E-state index contributed by atoms with van der Waals surface area (Å²) in [5.41, 5.74) is 2.89. The molecule has 0 saturated heterocycles. The maximum Gasteiger partial charge on any atom is 0.325 e. The van der Waals surface area contributed by atoms with Crippen LogP contribution in [-0.4, -0.2) is 30.0 Å². The van der Waals surface area contributed by atoms with Crippen LogP contribution < -0.4 is 20.1 Å². The Balaban J connectivity index is 1.65. The van der Waals surface area contributed by atoms with Crippen LogP contribution in [0.1, 0.15) is 11.1 Å². The van der Waals surface area contributed by atoms with Crippen molar-refractivity contribution < 1.29 is 14.3 Å². The van der Waals surface area contributed by atoms with Gasteiger partial charge < -0.3 is 14.8 Å². The summed E-state index contributed by atoms with van der Waals surface area (Å²) in [7, 11) is 3.10. The Morgan fingerprint density at radius 2 is 1.89 bits per heavy atom.